The van der Waals surface area contributed by atoms with Gasteiger partial charge in [0, 0.05) is 29.2 Å². The highest BCUT2D eigenvalue weighted by Crippen LogP contribution is 2.48. The van der Waals surface area contributed by atoms with Crippen molar-refractivity contribution in [1.82, 2.24) is 5.16 Å². The minimum atomic E-state index is 0.0758. The Bertz CT molecular complexity index is 893. The van der Waals surface area contributed by atoms with E-state index in [1.165, 1.54) is 0 Å². The van der Waals surface area contributed by atoms with Crippen LogP contribution in [0.2, 0.25) is 0 Å². The number of ether oxygens (including phenoxy) is 1. The number of anilines is 1. The van der Waals surface area contributed by atoms with Crippen molar-refractivity contribution in [2.45, 2.75) is 51.9 Å². The van der Waals surface area contributed by atoms with Gasteiger partial charge in [-0.2, -0.15) is 0 Å². The minimum absolute atomic E-state index is 0.0758. The number of methoxy groups -OCH3 is 1. The first-order chi connectivity index (χ1) is 13.0. The second-order valence-corrected chi connectivity index (χ2v) is 8.01. The Hall–Kier alpha value is -2.56. The number of nitrogens with zero attached hydrogens (tertiary/aromatic N) is 1. The number of rotatable bonds is 4. The molecule has 0 spiro atoms. The van der Waals surface area contributed by atoms with Crippen molar-refractivity contribution in [3.63, 3.8) is 0 Å². The fourth-order valence-electron chi connectivity index (χ4n) is 4.43. The van der Waals surface area contributed by atoms with Gasteiger partial charge in [0.25, 0.3) is 0 Å². The number of allylic oxidation sites excluding steroid dienone is 2. The molecule has 1 aliphatic carbocycles. The predicted molar refractivity (Wildman–Crippen MR) is 104 cm³/mol. The maximum Gasteiger partial charge on any atom is 0.232 e. The molecule has 4 rings (SSSR count). The molecule has 0 bridgehead atoms. The number of hydrogen-bond donors (Lipinski definition) is 1. The Balaban J connectivity index is 1.69. The summed E-state index contributed by atoms with van der Waals surface area (Å²) >= 11 is 0. The molecular weight excluding hydrogens is 340 g/mol. The van der Waals surface area contributed by atoms with E-state index in [4.69, 9.17) is 9.26 Å². The average molecular weight is 366 g/mol. The number of Topliss-reactive ketones (excluding diaryl/α,β-unsaturated/α-hetero) is 1. The molecule has 0 saturated carbocycles. The number of hydrogen-bond acceptors (Lipinski definition) is 5. The molecule has 1 aliphatic heterocycles. The third-order valence-corrected chi connectivity index (χ3v) is 5.67. The van der Waals surface area contributed by atoms with Crippen LogP contribution in [0.1, 0.15) is 61.8 Å². The summed E-state index contributed by atoms with van der Waals surface area (Å²) in [6.45, 7) is 6.34. The zero-order valence-electron chi connectivity index (χ0n) is 16.3. The monoisotopic (exact) mass is 366 g/mol. The fourth-order valence-corrected chi connectivity index (χ4v) is 4.43. The fraction of sp³-hybridized carbons (Fsp3) is 0.455. The van der Waals surface area contributed by atoms with Gasteiger partial charge in [-0.05, 0) is 49.3 Å². The van der Waals surface area contributed by atoms with Gasteiger partial charge in [0.1, 0.15) is 5.75 Å². The summed E-state index contributed by atoms with van der Waals surface area (Å²) in [6, 6.07) is 8.02. The van der Waals surface area contributed by atoms with Crippen molar-refractivity contribution >= 4 is 11.7 Å². The lowest BCUT2D eigenvalue weighted by Crippen LogP contribution is -2.29. The zero-order valence-corrected chi connectivity index (χ0v) is 16.3. The first kappa shape index (κ1) is 17.8. The van der Waals surface area contributed by atoms with Gasteiger partial charge in [0.05, 0.1) is 12.8 Å². The van der Waals surface area contributed by atoms with Gasteiger partial charge in [-0.3, -0.25) is 4.79 Å². The van der Waals surface area contributed by atoms with Crippen LogP contribution < -0.4 is 10.1 Å². The largest absolute Gasteiger partial charge is 0.497 e. The highest BCUT2D eigenvalue weighted by atomic mass is 16.5. The normalized spacial score (nSPS) is 21.7. The number of nitrogens with one attached hydrogen (secondary N) is 1. The molecule has 5 heteroatoms. The SMILES string of the molecule is COc1ccc([C@H]2CC(=O)C3=C(C2)Nc2onc(C)c2[C@@H]3CC(C)C)cc1. The number of ketones is 1. The Labute approximate surface area is 159 Å². The van der Waals surface area contributed by atoms with Crippen LogP contribution in [0.4, 0.5) is 5.88 Å². The van der Waals surface area contributed by atoms with Crippen molar-refractivity contribution in [2.24, 2.45) is 5.92 Å². The molecule has 0 saturated heterocycles. The molecule has 5 nitrogen and oxygen atoms in total. The maximum absolute atomic E-state index is 13.2. The van der Waals surface area contributed by atoms with Crippen LogP contribution in [0.5, 0.6) is 5.75 Å². The summed E-state index contributed by atoms with van der Waals surface area (Å²) < 4.78 is 10.8. The summed E-state index contributed by atoms with van der Waals surface area (Å²) in [6.07, 6.45) is 2.27. The van der Waals surface area contributed by atoms with Crippen molar-refractivity contribution in [1.29, 1.82) is 0 Å². The zero-order chi connectivity index (χ0) is 19.1. The first-order valence-corrected chi connectivity index (χ1v) is 9.61. The van der Waals surface area contributed by atoms with Crippen LogP contribution in [0, 0.1) is 12.8 Å². The minimum Gasteiger partial charge on any atom is -0.497 e. The van der Waals surface area contributed by atoms with E-state index in [1.54, 1.807) is 7.11 Å². The number of fused-ring (bicyclic) bond motifs is 1. The molecule has 142 valence electrons. The Kier molecular flexibility index (Phi) is 4.54. The number of aromatic nitrogens is 1. The lowest BCUT2D eigenvalue weighted by Gasteiger charge is -2.35. The van der Waals surface area contributed by atoms with Gasteiger partial charge >= 0.3 is 0 Å². The predicted octanol–water partition coefficient (Wildman–Crippen LogP) is 4.95. The van der Waals surface area contributed by atoms with E-state index in [-0.39, 0.29) is 17.6 Å². The molecule has 1 aromatic carbocycles. The van der Waals surface area contributed by atoms with E-state index >= 15 is 0 Å². The summed E-state index contributed by atoms with van der Waals surface area (Å²) in [5.74, 6) is 2.50. The van der Waals surface area contributed by atoms with E-state index < -0.39 is 0 Å². The molecule has 0 amide bonds. The molecule has 0 unspecified atom stereocenters. The van der Waals surface area contributed by atoms with E-state index in [2.05, 4.69) is 36.5 Å². The molecule has 2 aliphatic rings. The van der Waals surface area contributed by atoms with Gasteiger partial charge in [0.15, 0.2) is 5.78 Å². The van der Waals surface area contributed by atoms with Crippen molar-refractivity contribution in [3.05, 3.63) is 52.4 Å². The summed E-state index contributed by atoms with van der Waals surface area (Å²) in [4.78, 5) is 13.2. The molecule has 2 heterocycles. The van der Waals surface area contributed by atoms with E-state index in [0.29, 0.717) is 18.2 Å². The standard InChI is InChI=1S/C22H26N2O3/c1-12(2)9-17-20-13(3)24-27-22(20)23-18-10-15(11-19(25)21(17)18)14-5-7-16(26-4)8-6-14/h5-8,12,15,17,23H,9-11H2,1-4H3/t15-,17+/m1/s1. The molecule has 0 fully saturated rings. The number of carbonyl (C=O) groups excluding carboxylic acids is 1. The maximum atomic E-state index is 13.2. The number of benzene rings is 1. The molecule has 1 aromatic heterocycles. The lowest BCUT2D eigenvalue weighted by atomic mass is 9.72. The van der Waals surface area contributed by atoms with Gasteiger partial charge in [-0.1, -0.05) is 31.1 Å². The third kappa shape index (κ3) is 3.15. The van der Waals surface area contributed by atoms with Crippen LogP contribution in [-0.2, 0) is 4.79 Å². The first-order valence-electron chi connectivity index (χ1n) is 9.61. The summed E-state index contributed by atoms with van der Waals surface area (Å²) in [5.41, 5.74) is 5.03. The van der Waals surface area contributed by atoms with Crippen LogP contribution in [0.15, 0.2) is 40.1 Å². The van der Waals surface area contributed by atoms with Gasteiger partial charge in [0.2, 0.25) is 5.88 Å². The average Bonchev–Trinajstić information content (AvgIpc) is 3.01. The van der Waals surface area contributed by atoms with E-state index in [0.717, 1.165) is 46.7 Å². The molecular formula is C22H26N2O3. The second-order valence-electron chi connectivity index (χ2n) is 8.01. The smallest absolute Gasteiger partial charge is 0.232 e. The Morgan fingerprint density at radius 2 is 2.00 bits per heavy atom. The Morgan fingerprint density at radius 3 is 2.67 bits per heavy atom. The van der Waals surface area contributed by atoms with Crippen molar-refractivity contribution in [3.8, 4) is 5.75 Å². The highest BCUT2D eigenvalue weighted by Gasteiger charge is 2.40. The van der Waals surface area contributed by atoms with Crippen LogP contribution in [-0.4, -0.2) is 18.0 Å². The second kappa shape index (κ2) is 6.87. The topological polar surface area (TPSA) is 64.4 Å². The number of aryl methyl sites for hydroxylation is 1. The van der Waals surface area contributed by atoms with E-state index in [1.807, 2.05) is 19.1 Å². The van der Waals surface area contributed by atoms with Crippen LogP contribution in [0.3, 0.4) is 0 Å². The molecule has 0 radical (unpaired) electrons. The van der Waals surface area contributed by atoms with Gasteiger partial charge in [-0.15, -0.1) is 0 Å². The highest BCUT2D eigenvalue weighted by molar-refractivity contribution is 6.00. The van der Waals surface area contributed by atoms with Crippen LogP contribution in [0.25, 0.3) is 0 Å². The van der Waals surface area contributed by atoms with Gasteiger partial charge in [-0.25, -0.2) is 0 Å². The van der Waals surface area contributed by atoms with Gasteiger partial charge < -0.3 is 14.6 Å². The van der Waals surface area contributed by atoms with Crippen LogP contribution >= 0.6 is 0 Å². The lowest BCUT2D eigenvalue weighted by molar-refractivity contribution is -0.116. The van der Waals surface area contributed by atoms with Crippen molar-refractivity contribution < 1.29 is 14.1 Å². The molecule has 1 N–H and O–H groups in total. The molecule has 2 atom stereocenters. The summed E-state index contributed by atoms with van der Waals surface area (Å²) in [5, 5.41) is 7.53. The third-order valence-electron chi connectivity index (χ3n) is 5.67. The Morgan fingerprint density at radius 1 is 1.26 bits per heavy atom. The quantitative estimate of drug-likeness (QED) is 0.829. The molecule has 2 aromatic rings. The summed E-state index contributed by atoms with van der Waals surface area (Å²) in [7, 11) is 1.66. The van der Waals surface area contributed by atoms with E-state index in [9.17, 15) is 4.79 Å². The number of carbonyl (C=O) groups is 1. The van der Waals surface area contributed by atoms with Crippen molar-refractivity contribution in [2.75, 3.05) is 12.4 Å². The molecule has 27 heavy (non-hydrogen) atoms.